The van der Waals surface area contributed by atoms with E-state index in [1.165, 1.54) is 0 Å². The van der Waals surface area contributed by atoms with Crippen molar-refractivity contribution in [1.82, 2.24) is 21.3 Å². The van der Waals surface area contributed by atoms with Crippen molar-refractivity contribution < 1.29 is 33.4 Å². The van der Waals surface area contributed by atoms with E-state index in [1.54, 1.807) is 27.7 Å². The second-order valence-electron chi connectivity index (χ2n) is 7.81. The lowest BCUT2D eigenvalue weighted by Crippen LogP contribution is -2.57. The second-order valence-corrected chi connectivity index (χ2v) is 7.81. The molecule has 1 rings (SSSR count). The molecule has 4 N–H and O–H groups in total. The van der Waals surface area contributed by atoms with Crippen LogP contribution in [0.2, 0.25) is 0 Å². The fourth-order valence-electron chi connectivity index (χ4n) is 2.74. The van der Waals surface area contributed by atoms with Crippen LogP contribution in [0.5, 0.6) is 0 Å². The highest BCUT2D eigenvalue weighted by Crippen LogP contribution is 2.04. The minimum Gasteiger partial charge on any atom is -0.377 e. The molecular formula is C20H36N4O7. The van der Waals surface area contributed by atoms with Gasteiger partial charge in [0.25, 0.3) is 0 Å². The Labute approximate surface area is 183 Å². The molecule has 1 fully saturated rings. The topological polar surface area (TPSA) is 144 Å². The van der Waals surface area contributed by atoms with Gasteiger partial charge in [0.2, 0.25) is 11.8 Å². The first kappa shape index (κ1) is 26.8. The molecule has 2 atom stereocenters. The van der Waals surface area contributed by atoms with Gasteiger partial charge in [-0.15, -0.1) is 0 Å². The Morgan fingerprint density at radius 1 is 0.613 bits per heavy atom. The molecule has 0 aliphatic carbocycles. The molecule has 0 spiro atoms. The van der Waals surface area contributed by atoms with E-state index in [-0.39, 0.29) is 38.1 Å². The maximum atomic E-state index is 12.4. The molecular weight excluding hydrogens is 408 g/mol. The molecule has 0 saturated carbocycles. The lowest BCUT2D eigenvalue weighted by Gasteiger charge is -2.24. The third-order valence-corrected chi connectivity index (χ3v) is 4.51. The minimum absolute atomic E-state index is 0.253. The van der Waals surface area contributed by atoms with E-state index in [1.807, 2.05) is 0 Å². The zero-order valence-electron chi connectivity index (χ0n) is 18.8. The molecule has 1 saturated heterocycles. The van der Waals surface area contributed by atoms with Crippen molar-refractivity contribution >= 4 is 23.6 Å². The summed E-state index contributed by atoms with van der Waals surface area (Å²) >= 11 is 0. The van der Waals surface area contributed by atoms with Crippen LogP contribution in [0, 0.1) is 11.8 Å². The highest BCUT2D eigenvalue weighted by atomic mass is 16.5. The number of nitrogens with one attached hydrogen (secondary N) is 4. The average molecular weight is 445 g/mol. The Kier molecular flexibility index (Phi) is 12.7. The number of hydrogen-bond acceptors (Lipinski definition) is 7. The largest absolute Gasteiger partial charge is 0.377 e. The summed E-state index contributed by atoms with van der Waals surface area (Å²) in [4.78, 5) is 49.6. The highest BCUT2D eigenvalue weighted by molar-refractivity contribution is 6.35. The molecule has 0 aromatic rings. The van der Waals surface area contributed by atoms with Gasteiger partial charge in [-0.3, -0.25) is 19.2 Å². The fourth-order valence-corrected chi connectivity index (χ4v) is 2.74. The van der Waals surface area contributed by atoms with E-state index in [0.29, 0.717) is 26.4 Å². The summed E-state index contributed by atoms with van der Waals surface area (Å²) in [5.41, 5.74) is 0. The van der Waals surface area contributed by atoms with Gasteiger partial charge >= 0.3 is 11.8 Å². The molecule has 1 aliphatic heterocycles. The van der Waals surface area contributed by atoms with E-state index in [9.17, 15) is 19.2 Å². The van der Waals surface area contributed by atoms with E-state index in [0.717, 1.165) is 0 Å². The van der Waals surface area contributed by atoms with Crippen molar-refractivity contribution in [3.63, 3.8) is 0 Å². The second kappa shape index (κ2) is 14.7. The number of rotatable bonds is 2. The summed E-state index contributed by atoms with van der Waals surface area (Å²) in [6, 6.07) is -1.81. The van der Waals surface area contributed by atoms with Crippen molar-refractivity contribution in [2.45, 2.75) is 39.8 Å². The van der Waals surface area contributed by atoms with E-state index in [4.69, 9.17) is 14.2 Å². The van der Waals surface area contributed by atoms with Crippen LogP contribution in [-0.4, -0.2) is 88.4 Å². The van der Waals surface area contributed by atoms with Gasteiger partial charge in [-0.05, 0) is 11.8 Å². The van der Waals surface area contributed by atoms with Crippen LogP contribution in [-0.2, 0) is 33.4 Å². The third kappa shape index (κ3) is 10.6. The lowest BCUT2D eigenvalue weighted by molar-refractivity contribution is -0.142. The van der Waals surface area contributed by atoms with Gasteiger partial charge in [0.05, 0.1) is 39.6 Å². The summed E-state index contributed by atoms with van der Waals surface area (Å²) in [7, 11) is 0. The Morgan fingerprint density at radius 2 is 0.935 bits per heavy atom. The summed E-state index contributed by atoms with van der Waals surface area (Å²) in [6.45, 7) is 9.61. The van der Waals surface area contributed by atoms with Crippen LogP contribution in [0.15, 0.2) is 0 Å². The third-order valence-electron chi connectivity index (χ3n) is 4.51. The average Bonchev–Trinajstić information content (AvgIpc) is 2.71. The van der Waals surface area contributed by atoms with Gasteiger partial charge in [-0.25, -0.2) is 0 Å². The molecule has 31 heavy (non-hydrogen) atoms. The standard InChI is InChI=1S/C20H36N4O7/c1-13(2)15-17(25)21-5-7-29-9-11-31-12-10-30-8-6-22-18(26)16(14(3)4)24-20(28)19(27)23-15/h13-16H,5-12H2,1-4H3,(H,21,25)(H,22,26)(H,23,27)(H,24,28)/t15-,16-/m0/s1. The first-order valence-electron chi connectivity index (χ1n) is 10.6. The molecule has 4 amide bonds. The Bertz CT molecular complexity index is 548. The zero-order valence-corrected chi connectivity index (χ0v) is 18.8. The SMILES string of the molecule is CC(C)[C@@H]1NC(=O)C(=O)N[C@@H](C(C)C)C(=O)NCCOCCOCCOCCNC1=O. The maximum Gasteiger partial charge on any atom is 0.309 e. The molecule has 11 heteroatoms. The van der Waals surface area contributed by atoms with Crippen LogP contribution >= 0.6 is 0 Å². The van der Waals surface area contributed by atoms with Crippen molar-refractivity contribution in [2.24, 2.45) is 11.8 Å². The first-order chi connectivity index (χ1) is 14.7. The van der Waals surface area contributed by atoms with E-state index < -0.39 is 35.7 Å². The molecule has 0 unspecified atom stereocenters. The summed E-state index contributed by atoms with van der Waals surface area (Å²) in [5, 5.41) is 10.2. The molecule has 0 bridgehead atoms. The first-order valence-corrected chi connectivity index (χ1v) is 10.6. The summed E-state index contributed by atoms with van der Waals surface area (Å²) in [6.07, 6.45) is 0. The number of ether oxygens (including phenoxy) is 3. The quantitative estimate of drug-likeness (QED) is 0.382. The molecule has 1 heterocycles. The fraction of sp³-hybridized carbons (Fsp3) is 0.800. The van der Waals surface area contributed by atoms with Gasteiger partial charge in [0, 0.05) is 13.1 Å². The predicted octanol–water partition coefficient (Wildman–Crippen LogP) is -1.44. The number of hydrogen-bond donors (Lipinski definition) is 4. The van der Waals surface area contributed by atoms with Gasteiger partial charge in [-0.1, -0.05) is 27.7 Å². The maximum absolute atomic E-state index is 12.4. The minimum atomic E-state index is -0.977. The van der Waals surface area contributed by atoms with Crippen LogP contribution < -0.4 is 21.3 Å². The van der Waals surface area contributed by atoms with E-state index >= 15 is 0 Å². The molecule has 0 radical (unpaired) electrons. The van der Waals surface area contributed by atoms with Gasteiger partial charge in [-0.2, -0.15) is 0 Å². The predicted molar refractivity (Wildman–Crippen MR) is 112 cm³/mol. The number of carbonyl (C=O) groups is 4. The normalized spacial score (nSPS) is 24.6. The van der Waals surface area contributed by atoms with Gasteiger partial charge in [0.15, 0.2) is 0 Å². The van der Waals surface area contributed by atoms with Crippen molar-refractivity contribution in [3.8, 4) is 0 Å². The smallest absolute Gasteiger partial charge is 0.309 e. The monoisotopic (exact) mass is 444 g/mol. The zero-order chi connectivity index (χ0) is 23.2. The van der Waals surface area contributed by atoms with Crippen LogP contribution in [0.3, 0.4) is 0 Å². The Hall–Kier alpha value is -2.24. The molecule has 0 aromatic carbocycles. The van der Waals surface area contributed by atoms with Crippen molar-refractivity contribution in [3.05, 3.63) is 0 Å². The van der Waals surface area contributed by atoms with E-state index in [2.05, 4.69) is 21.3 Å². The van der Waals surface area contributed by atoms with Crippen molar-refractivity contribution in [1.29, 1.82) is 0 Å². The van der Waals surface area contributed by atoms with Crippen LogP contribution in [0.25, 0.3) is 0 Å². The molecule has 178 valence electrons. The summed E-state index contributed by atoms with van der Waals surface area (Å²) < 4.78 is 16.1. The van der Waals surface area contributed by atoms with Crippen LogP contribution in [0.4, 0.5) is 0 Å². The van der Waals surface area contributed by atoms with Crippen LogP contribution in [0.1, 0.15) is 27.7 Å². The van der Waals surface area contributed by atoms with Gasteiger partial charge in [0.1, 0.15) is 12.1 Å². The number of amides is 4. The Morgan fingerprint density at radius 3 is 1.26 bits per heavy atom. The highest BCUT2D eigenvalue weighted by Gasteiger charge is 2.30. The molecule has 0 aromatic heterocycles. The molecule has 11 nitrogen and oxygen atoms in total. The molecule has 1 aliphatic rings. The van der Waals surface area contributed by atoms with Gasteiger partial charge < -0.3 is 35.5 Å². The lowest BCUT2D eigenvalue weighted by atomic mass is 10.0. The number of carbonyl (C=O) groups excluding carboxylic acids is 4. The van der Waals surface area contributed by atoms with Crippen molar-refractivity contribution in [2.75, 3.05) is 52.7 Å². The summed E-state index contributed by atoms with van der Waals surface area (Å²) in [5.74, 6) is -3.30. The Balaban J connectivity index is 2.81.